The topological polar surface area (TPSA) is 49.4 Å². The van der Waals surface area contributed by atoms with E-state index in [9.17, 15) is 5.26 Å². The van der Waals surface area contributed by atoms with Crippen molar-refractivity contribution < 1.29 is 4.74 Å². The van der Waals surface area contributed by atoms with Crippen molar-refractivity contribution in [3.05, 3.63) is 259 Å². The molecule has 2 aliphatic heterocycles. The van der Waals surface area contributed by atoms with Crippen LogP contribution in [0.25, 0.3) is 88.4 Å². The van der Waals surface area contributed by atoms with Gasteiger partial charge in [-0.25, -0.2) is 0 Å². The third-order valence-corrected chi connectivity index (χ3v) is 21.8. The Labute approximate surface area is 631 Å². The molecule has 0 fully saturated rings. The van der Waals surface area contributed by atoms with Crippen LogP contribution in [0, 0.1) is 11.3 Å². The van der Waals surface area contributed by atoms with E-state index in [4.69, 9.17) is 67.5 Å². The third kappa shape index (κ3) is 10.8. The van der Waals surface area contributed by atoms with Gasteiger partial charge in [-0.15, -0.1) is 21.9 Å². The quantitative estimate of drug-likeness (QED) is 0.135. The summed E-state index contributed by atoms with van der Waals surface area (Å²) in [5.41, 5.74) is 23.4. The number of nitriles is 1. The molecule has 6 nitrogen and oxygen atoms in total. The molecule has 106 heavy (non-hydrogen) atoms. The minimum atomic E-state index is -0.457. The first kappa shape index (κ1) is 68.1. The molecule has 15 aromatic rings. The average Bonchev–Trinajstić information content (AvgIpc) is 1.46. The van der Waals surface area contributed by atoms with Gasteiger partial charge >= 0.3 is 0 Å². The fourth-order valence-electron chi connectivity index (χ4n) is 16.2. The molecule has 2 aliphatic rings. The van der Waals surface area contributed by atoms with Gasteiger partial charge in [-0.1, -0.05) is 212 Å². The third-order valence-electron chi connectivity index (χ3n) is 21.8. The number of para-hydroxylation sites is 2. The summed E-state index contributed by atoms with van der Waals surface area (Å²) in [5, 5.41) is 14.4. The zero-order valence-electron chi connectivity index (χ0n) is 60.9. The molecule has 0 spiro atoms. The monoisotopic (exact) mass is 1340 g/mol. The van der Waals surface area contributed by atoms with E-state index in [-0.39, 0.29) is 59.9 Å². The van der Waals surface area contributed by atoms with Crippen LogP contribution in [-0.4, -0.2) is 78.6 Å². The second-order valence-corrected chi connectivity index (χ2v) is 31.4. The predicted octanol–water partition coefficient (Wildman–Crippen LogP) is 12.9. The second kappa shape index (κ2) is 25.1. The smallest absolute Gasteiger partial charge is 0.256 e. The van der Waals surface area contributed by atoms with Gasteiger partial charge in [-0.2, -0.15) is 5.26 Å². The van der Waals surface area contributed by atoms with Crippen molar-refractivity contribution >= 4 is 207 Å². The number of hydrogen-bond donors (Lipinski definition) is 0. The number of fused-ring (bicyclic) bond motifs is 10. The number of anilines is 6. The fourth-order valence-corrected chi connectivity index (χ4v) is 16.2. The standard InChI is InChI=1S/C91H66B9N5O/c1-89(2,3)54-30-38-69(62(44-54)52-23-15-11-16-24-52)105-72-47-58(103-70-39-31-55(90(4,5)6)45-63(70)64-46-56(91(7,8)9)32-40-71(64)103)33-35-65(72)100-66-36-34-59(104-87-76(78(92)80(94)82(96)84(87)98)77-79(93)81(95)83(97)85(99)88(77)104)48-74(66)106-75-43-53(42-73(105)86(75)100)61-41-50(49-101)29-37-68(61)102(57-25-17-12-18-26-57)67-28-20-19-27-60(67)51-21-13-10-14-22-51/h10-48H,1-9H3. The molecule has 16 radical (unpaired) electrons. The average molecular weight is 1340 g/mol. The Morgan fingerprint density at radius 1 is 0.377 bits per heavy atom. The van der Waals surface area contributed by atoms with Gasteiger partial charge in [-0.05, 0) is 180 Å². The summed E-state index contributed by atoms with van der Waals surface area (Å²) in [6.45, 7) is 20.0. The molecular weight excluding hydrogens is 1280 g/mol. The Morgan fingerprint density at radius 2 is 0.877 bits per heavy atom. The van der Waals surface area contributed by atoms with Crippen LogP contribution in [0.3, 0.4) is 0 Å². The minimum Gasteiger partial charge on any atom is -0.458 e. The van der Waals surface area contributed by atoms with Crippen molar-refractivity contribution in [1.82, 2.24) is 9.13 Å². The van der Waals surface area contributed by atoms with Gasteiger partial charge in [0.25, 0.3) is 6.71 Å². The van der Waals surface area contributed by atoms with E-state index in [1.54, 1.807) is 0 Å². The molecule has 13 aromatic carbocycles. The Hall–Kier alpha value is -11.1. The molecule has 0 saturated carbocycles. The zero-order valence-corrected chi connectivity index (χ0v) is 60.9. The van der Waals surface area contributed by atoms with Crippen molar-refractivity contribution in [3.8, 4) is 62.3 Å². The van der Waals surface area contributed by atoms with Crippen molar-refractivity contribution in [2.24, 2.45) is 0 Å². The highest BCUT2D eigenvalue weighted by molar-refractivity contribution is 6.99. The van der Waals surface area contributed by atoms with Crippen LogP contribution < -0.4 is 74.6 Å². The van der Waals surface area contributed by atoms with Crippen molar-refractivity contribution in [3.63, 3.8) is 0 Å². The predicted molar refractivity (Wildman–Crippen MR) is 456 cm³/mol. The number of benzene rings is 13. The van der Waals surface area contributed by atoms with E-state index < -0.39 is 6.71 Å². The van der Waals surface area contributed by atoms with Gasteiger partial charge in [0.05, 0.1) is 39.7 Å². The van der Waals surface area contributed by atoms with Crippen LogP contribution in [0.4, 0.5) is 34.1 Å². The van der Waals surface area contributed by atoms with E-state index in [1.165, 1.54) is 27.5 Å². The van der Waals surface area contributed by atoms with Gasteiger partial charge in [0.15, 0.2) is 0 Å². The SMILES string of the molecule is [B]c1c([B])c([B])c2c(c1[B])c1c([B])c([B])c([B])c([B])c1n2-c1ccc2c(c1)Oc1cc(-c3cc(C#N)ccc3N(c3ccccc3)c3ccccc3-c3ccccc3)cc3c1B2c1ccc(-n2c4ccc(C(C)(C)C)cc4c4cc(C(C)(C)C)ccc42)cc1N3c1ccc(C(C)(C)C)cc1-c1ccccc1. The van der Waals surface area contributed by atoms with Gasteiger partial charge in [-0.3, -0.25) is 0 Å². The van der Waals surface area contributed by atoms with E-state index in [0.717, 1.165) is 101 Å². The second-order valence-electron chi connectivity index (χ2n) is 31.4. The molecule has 0 N–H and O–H groups in total. The molecule has 15 heteroatoms. The largest absolute Gasteiger partial charge is 0.458 e. The maximum absolute atomic E-state index is 11.2. The van der Waals surface area contributed by atoms with Gasteiger partial charge < -0.3 is 23.7 Å². The Morgan fingerprint density at radius 3 is 1.45 bits per heavy atom. The first-order valence-electron chi connectivity index (χ1n) is 35.9. The van der Waals surface area contributed by atoms with Crippen LogP contribution in [0.5, 0.6) is 11.5 Å². The lowest BCUT2D eigenvalue weighted by atomic mass is 9.34. The molecule has 0 unspecified atom stereocenters. The molecule has 17 rings (SSSR count). The summed E-state index contributed by atoms with van der Waals surface area (Å²) in [4.78, 5) is 4.77. The first-order valence-corrected chi connectivity index (χ1v) is 35.9. The molecule has 0 amide bonds. The molecule has 2 aromatic heterocycles. The van der Waals surface area contributed by atoms with Gasteiger partial charge in [0, 0.05) is 73.0 Å². The normalized spacial score (nSPS) is 12.7. The maximum atomic E-state index is 11.2. The Kier molecular flexibility index (Phi) is 16.1. The van der Waals surface area contributed by atoms with E-state index in [1.807, 2.05) is 41.0 Å². The lowest BCUT2D eigenvalue weighted by molar-refractivity contribution is 0.487. The van der Waals surface area contributed by atoms with Crippen LogP contribution in [-0.2, 0) is 16.2 Å². The summed E-state index contributed by atoms with van der Waals surface area (Å²) < 4.78 is 12.1. The minimum absolute atomic E-state index is 0.0981. The van der Waals surface area contributed by atoms with Crippen molar-refractivity contribution in [1.29, 1.82) is 5.26 Å². The number of aromatic nitrogens is 2. The molecule has 4 heterocycles. The van der Waals surface area contributed by atoms with E-state index >= 15 is 0 Å². The van der Waals surface area contributed by atoms with Gasteiger partial charge in [0.2, 0.25) is 0 Å². The number of rotatable bonds is 9. The Bertz CT molecular complexity index is 6110. The number of nitrogens with zero attached hydrogens (tertiary/aromatic N) is 5. The lowest BCUT2D eigenvalue weighted by Crippen LogP contribution is -2.59. The maximum Gasteiger partial charge on any atom is 0.256 e. The highest BCUT2D eigenvalue weighted by atomic mass is 16.5. The summed E-state index contributed by atoms with van der Waals surface area (Å²) in [7, 11) is 55.2. The van der Waals surface area contributed by atoms with Crippen molar-refractivity contribution in [2.45, 2.75) is 78.6 Å². The molecule has 0 saturated heterocycles. The van der Waals surface area contributed by atoms with Crippen LogP contribution in [0.2, 0.25) is 0 Å². The molecule has 0 atom stereocenters. The zero-order chi connectivity index (χ0) is 73.9. The van der Waals surface area contributed by atoms with Crippen LogP contribution in [0.15, 0.2) is 237 Å². The molecule has 488 valence electrons. The summed E-state index contributed by atoms with van der Waals surface area (Å²) >= 11 is 0. The Balaban J connectivity index is 1.00. The molecule has 0 aliphatic carbocycles. The first-order chi connectivity index (χ1) is 50.8. The highest BCUT2D eigenvalue weighted by Crippen LogP contribution is 2.52. The summed E-state index contributed by atoms with van der Waals surface area (Å²) in [6, 6.07) is 87.1. The van der Waals surface area contributed by atoms with Crippen LogP contribution in [0.1, 0.15) is 84.6 Å². The number of ether oxygens (including phenoxy) is 1. The molecular formula is C91H66B9N5O. The lowest BCUT2D eigenvalue weighted by Gasteiger charge is -2.41. The van der Waals surface area contributed by atoms with Crippen LogP contribution >= 0.6 is 0 Å². The number of hydrogen-bond acceptors (Lipinski definition) is 4. The summed E-state index contributed by atoms with van der Waals surface area (Å²) in [6.07, 6.45) is 0. The van der Waals surface area contributed by atoms with E-state index in [2.05, 4.69) is 283 Å². The van der Waals surface area contributed by atoms with Crippen molar-refractivity contribution in [2.75, 3.05) is 9.80 Å². The highest BCUT2D eigenvalue weighted by Gasteiger charge is 2.44. The molecule has 0 bridgehead atoms. The van der Waals surface area contributed by atoms with E-state index in [0.29, 0.717) is 44.6 Å². The van der Waals surface area contributed by atoms with Gasteiger partial charge in [0.1, 0.15) is 74.3 Å². The summed E-state index contributed by atoms with van der Waals surface area (Å²) in [5.74, 6) is 1.13. The fraction of sp³-hybridized carbons (Fsp3) is 0.132.